The Labute approximate surface area is 122 Å². The maximum Gasteiger partial charge on any atom is 0.161 e. The van der Waals surface area contributed by atoms with E-state index < -0.39 is 11.6 Å². The molecule has 0 aliphatic carbocycles. The van der Waals surface area contributed by atoms with E-state index in [1.165, 1.54) is 6.07 Å². The Morgan fingerprint density at radius 3 is 3.00 bits per heavy atom. The lowest BCUT2D eigenvalue weighted by Crippen LogP contribution is -2.30. The molecule has 1 aromatic carbocycles. The summed E-state index contributed by atoms with van der Waals surface area (Å²) in [4.78, 5) is 4.13. The minimum atomic E-state index is -0.864. The molecule has 21 heavy (non-hydrogen) atoms. The third kappa shape index (κ3) is 3.06. The highest BCUT2D eigenvalue weighted by Gasteiger charge is 2.16. The largest absolute Gasteiger partial charge is 0.377 e. The fraction of sp³-hybridized carbons (Fsp3) is 0.533. The van der Waals surface area contributed by atoms with Gasteiger partial charge in [0.2, 0.25) is 0 Å². The number of imidazole rings is 1. The van der Waals surface area contributed by atoms with E-state index >= 15 is 0 Å². The number of nitrogens with zero attached hydrogens (tertiary/aromatic N) is 2. The van der Waals surface area contributed by atoms with Crippen molar-refractivity contribution in [3.05, 3.63) is 30.1 Å². The monoisotopic (exact) mass is 295 g/mol. The molecule has 0 spiro atoms. The Morgan fingerprint density at radius 1 is 1.43 bits per heavy atom. The van der Waals surface area contributed by atoms with Crippen LogP contribution in [0.15, 0.2) is 18.5 Å². The first kappa shape index (κ1) is 14.4. The number of benzene rings is 1. The van der Waals surface area contributed by atoms with E-state index in [9.17, 15) is 8.78 Å². The molecule has 1 aliphatic rings. The lowest BCUT2D eigenvalue weighted by Gasteiger charge is -2.17. The molecule has 2 heterocycles. The molecule has 0 radical (unpaired) electrons. The van der Waals surface area contributed by atoms with Gasteiger partial charge in [-0.15, -0.1) is 0 Å². The number of hydrogen-bond donors (Lipinski definition) is 1. The molecule has 1 fully saturated rings. The fourth-order valence-corrected chi connectivity index (χ4v) is 2.73. The van der Waals surface area contributed by atoms with Gasteiger partial charge in [-0.2, -0.15) is 0 Å². The molecular formula is C15H19F2N3O. The van der Waals surface area contributed by atoms with Crippen molar-refractivity contribution in [2.75, 3.05) is 19.7 Å². The number of nitrogens with one attached hydrogen (secondary N) is 1. The molecule has 0 bridgehead atoms. The van der Waals surface area contributed by atoms with Gasteiger partial charge in [-0.05, 0) is 19.8 Å². The molecule has 2 aromatic rings. The first-order valence-corrected chi connectivity index (χ1v) is 7.29. The van der Waals surface area contributed by atoms with Crippen molar-refractivity contribution in [3.63, 3.8) is 0 Å². The third-order valence-electron chi connectivity index (χ3n) is 3.93. The summed E-state index contributed by atoms with van der Waals surface area (Å²) >= 11 is 0. The number of ether oxygens (including phenoxy) is 1. The van der Waals surface area contributed by atoms with E-state index in [1.807, 2.05) is 11.5 Å². The van der Waals surface area contributed by atoms with E-state index in [2.05, 4.69) is 10.3 Å². The van der Waals surface area contributed by atoms with Crippen LogP contribution >= 0.6 is 0 Å². The second-order valence-corrected chi connectivity index (χ2v) is 5.55. The van der Waals surface area contributed by atoms with Crippen molar-refractivity contribution in [3.8, 4) is 0 Å². The van der Waals surface area contributed by atoms with Crippen LogP contribution in [0.1, 0.15) is 25.8 Å². The zero-order chi connectivity index (χ0) is 14.8. The molecule has 0 amide bonds. The first-order chi connectivity index (χ1) is 10.1. The summed E-state index contributed by atoms with van der Waals surface area (Å²) in [7, 11) is 0. The van der Waals surface area contributed by atoms with Crippen LogP contribution < -0.4 is 5.32 Å². The number of fused-ring (bicyclic) bond motifs is 1. The van der Waals surface area contributed by atoms with E-state index in [0.717, 1.165) is 38.6 Å². The Balaban J connectivity index is 1.66. The maximum atomic E-state index is 13.4. The van der Waals surface area contributed by atoms with Crippen molar-refractivity contribution in [2.45, 2.75) is 31.9 Å². The normalized spacial score (nSPS) is 20.2. The first-order valence-electron chi connectivity index (χ1n) is 7.29. The molecule has 2 atom stereocenters. The van der Waals surface area contributed by atoms with E-state index in [4.69, 9.17) is 4.74 Å². The standard InChI is InChI=1S/C15H19F2N3O/c1-10(7-18-8-11-3-2-4-21-11)20-9-19-14-5-12(16)13(17)6-15(14)20/h5-6,9-11,18H,2-4,7-8H2,1H3. The summed E-state index contributed by atoms with van der Waals surface area (Å²) in [5.74, 6) is -1.71. The lowest BCUT2D eigenvalue weighted by molar-refractivity contribution is 0.109. The van der Waals surface area contributed by atoms with Crippen LogP contribution in [-0.4, -0.2) is 35.4 Å². The van der Waals surface area contributed by atoms with Crippen LogP contribution in [0.2, 0.25) is 0 Å². The van der Waals surface area contributed by atoms with Gasteiger partial charge in [0.15, 0.2) is 11.6 Å². The minimum Gasteiger partial charge on any atom is -0.377 e. The van der Waals surface area contributed by atoms with Crippen LogP contribution in [0.3, 0.4) is 0 Å². The summed E-state index contributed by atoms with van der Waals surface area (Å²) < 4.78 is 34.0. The summed E-state index contributed by atoms with van der Waals surface area (Å²) in [6, 6.07) is 2.43. The predicted molar refractivity (Wildman–Crippen MR) is 76.2 cm³/mol. The van der Waals surface area contributed by atoms with Crippen molar-refractivity contribution >= 4 is 11.0 Å². The molecule has 0 saturated carbocycles. The molecule has 4 nitrogen and oxygen atoms in total. The predicted octanol–water partition coefficient (Wildman–Crippen LogP) is 2.64. The minimum absolute atomic E-state index is 0.0984. The van der Waals surface area contributed by atoms with E-state index in [1.54, 1.807) is 6.33 Å². The van der Waals surface area contributed by atoms with Gasteiger partial charge in [0.1, 0.15) is 0 Å². The second-order valence-electron chi connectivity index (χ2n) is 5.55. The van der Waals surface area contributed by atoms with Crippen LogP contribution in [0.25, 0.3) is 11.0 Å². The number of hydrogen-bond acceptors (Lipinski definition) is 3. The van der Waals surface area contributed by atoms with E-state index in [-0.39, 0.29) is 6.04 Å². The van der Waals surface area contributed by atoms with Crippen molar-refractivity contribution < 1.29 is 13.5 Å². The summed E-state index contributed by atoms with van der Waals surface area (Å²) in [5, 5.41) is 3.36. The maximum absolute atomic E-state index is 13.4. The van der Waals surface area contributed by atoms with Gasteiger partial charge >= 0.3 is 0 Å². The van der Waals surface area contributed by atoms with Crippen LogP contribution in [0, 0.1) is 11.6 Å². The summed E-state index contributed by atoms with van der Waals surface area (Å²) in [5.41, 5.74) is 1.08. The SMILES string of the molecule is CC(CNCC1CCCO1)n1cnc2cc(F)c(F)cc21. The summed E-state index contributed by atoms with van der Waals surface area (Å²) in [6.45, 7) is 4.41. The van der Waals surface area contributed by atoms with Crippen LogP contribution in [0.5, 0.6) is 0 Å². The topological polar surface area (TPSA) is 39.1 Å². The Morgan fingerprint density at radius 2 is 2.24 bits per heavy atom. The molecule has 2 unspecified atom stereocenters. The number of aromatic nitrogens is 2. The van der Waals surface area contributed by atoms with Crippen molar-refractivity contribution in [1.29, 1.82) is 0 Å². The zero-order valence-electron chi connectivity index (χ0n) is 12.0. The Kier molecular flexibility index (Phi) is 4.17. The smallest absolute Gasteiger partial charge is 0.161 e. The molecule has 114 valence electrons. The summed E-state index contributed by atoms with van der Waals surface area (Å²) in [6.07, 6.45) is 4.14. The highest BCUT2D eigenvalue weighted by atomic mass is 19.2. The molecule has 1 saturated heterocycles. The van der Waals surface area contributed by atoms with Gasteiger partial charge in [-0.1, -0.05) is 0 Å². The average molecular weight is 295 g/mol. The van der Waals surface area contributed by atoms with Gasteiger partial charge in [0, 0.05) is 37.9 Å². The van der Waals surface area contributed by atoms with Crippen molar-refractivity contribution in [2.24, 2.45) is 0 Å². The lowest BCUT2D eigenvalue weighted by atomic mass is 10.2. The Bertz CT molecular complexity index is 623. The molecule has 3 rings (SSSR count). The quantitative estimate of drug-likeness (QED) is 0.921. The number of rotatable bonds is 5. The molecule has 1 N–H and O–H groups in total. The second kappa shape index (κ2) is 6.07. The van der Waals surface area contributed by atoms with Crippen LogP contribution in [-0.2, 0) is 4.74 Å². The molecule has 1 aromatic heterocycles. The van der Waals surface area contributed by atoms with Gasteiger partial charge < -0.3 is 14.6 Å². The van der Waals surface area contributed by atoms with Crippen LogP contribution in [0.4, 0.5) is 8.78 Å². The van der Waals surface area contributed by atoms with Gasteiger partial charge in [0.05, 0.1) is 23.5 Å². The highest BCUT2D eigenvalue weighted by molar-refractivity contribution is 5.75. The number of halogens is 2. The zero-order valence-corrected chi connectivity index (χ0v) is 12.0. The highest BCUT2D eigenvalue weighted by Crippen LogP contribution is 2.20. The molecular weight excluding hydrogens is 276 g/mol. The van der Waals surface area contributed by atoms with Gasteiger partial charge in [0.25, 0.3) is 0 Å². The van der Waals surface area contributed by atoms with Gasteiger partial charge in [-0.25, -0.2) is 13.8 Å². The third-order valence-corrected chi connectivity index (χ3v) is 3.93. The van der Waals surface area contributed by atoms with E-state index in [0.29, 0.717) is 17.1 Å². The van der Waals surface area contributed by atoms with Crippen molar-refractivity contribution in [1.82, 2.24) is 14.9 Å². The average Bonchev–Trinajstić information content (AvgIpc) is 3.09. The molecule has 1 aliphatic heterocycles. The van der Waals surface area contributed by atoms with Gasteiger partial charge in [-0.3, -0.25) is 0 Å². The Hall–Kier alpha value is -1.53. The fourth-order valence-electron chi connectivity index (χ4n) is 2.73. The molecule has 6 heteroatoms.